The molecule has 0 spiro atoms. The van der Waals surface area contributed by atoms with E-state index in [0.29, 0.717) is 0 Å². The first-order valence-electron chi connectivity index (χ1n) is 5.43. The lowest BCUT2D eigenvalue weighted by Gasteiger charge is -2.18. The fraction of sp³-hybridized carbons (Fsp3) is 0.286. The average Bonchev–Trinajstić information content (AvgIpc) is 2.31. The second-order valence-corrected chi connectivity index (χ2v) is 3.75. The van der Waals surface area contributed by atoms with E-state index >= 15 is 0 Å². The average molecular weight is 217 g/mol. The Morgan fingerprint density at radius 2 is 1.50 bits per heavy atom. The van der Waals surface area contributed by atoms with Gasteiger partial charge in [-0.15, -0.1) is 13.2 Å². The summed E-state index contributed by atoms with van der Waals surface area (Å²) in [6, 6.07) is 8.00. The van der Waals surface area contributed by atoms with E-state index in [1.165, 1.54) is 5.56 Å². The molecule has 0 aromatic heterocycles. The minimum absolute atomic E-state index is 0.101. The zero-order valence-electron chi connectivity index (χ0n) is 9.60. The Morgan fingerprint density at radius 1 is 1.00 bits per heavy atom. The smallest absolute Gasteiger partial charge is 0.0681 e. The zero-order chi connectivity index (χ0) is 11.8. The number of hydrogen-bond donors (Lipinski definition) is 1. The van der Waals surface area contributed by atoms with Crippen LogP contribution >= 0.6 is 0 Å². The highest BCUT2D eigenvalue weighted by molar-refractivity contribution is 5.22. The molecule has 0 aliphatic heterocycles. The van der Waals surface area contributed by atoms with Crippen LogP contribution in [-0.4, -0.2) is 23.1 Å². The zero-order valence-corrected chi connectivity index (χ0v) is 9.60. The van der Waals surface area contributed by atoms with E-state index in [-0.39, 0.29) is 6.61 Å². The first kappa shape index (κ1) is 12.7. The topological polar surface area (TPSA) is 23.5 Å². The highest BCUT2D eigenvalue weighted by atomic mass is 16.3. The number of rotatable bonds is 7. The number of hydrogen-bond acceptors (Lipinski definition) is 2. The molecule has 0 saturated heterocycles. The fourth-order valence-corrected chi connectivity index (χ4v) is 1.58. The predicted molar refractivity (Wildman–Crippen MR) is 68.0 cm³/mol. The van der Waals surface area contributed by atoms with Crippen molar-refractivity contribution < 1.29 is 5.11 Å². The molecule has 1 rings (SSSR count). The van der Waals surface area contributed by atoms with Crippen LogP contribution in [0.1, 0.15) is 11.1 Å². The lowest BCUT2D eigenvalue weighted by atomic mass is 10.1. The summed E-state index contributed by atoms with van der Waals surface area (Å²) in [5, 5.41) is 8.94. The predicted octanol–water partition coefficient (Wildman–Crippen LogP) is 2.35. The van der Waals surface area contributed by atoms with Crippen molar-refractivity contribution in [1.29, 1.82) is 0 Å². The minimum atomic E-state index is 0.101. The van der Waals surface area contributed by atoms with Crippen LogP contribution < -0.4 is 0 Å². The quantitative estimate of drug-likeness (QED) is 0.709. The summed E-state index contributed by atoms with van der Waals surface area (Å²) < 4.78 is 0. The van der Waals surface area contributed by atoms with Crippen molar-refractivity contribution in [3.8, 4) is 0 Å². The Balaban J connectivity index is 2.61. The van der Waals surface area contributed by atoms with Crippen LogP contribution in [0.3, 0.4) is 0 Å². The standard InChI is InChI=1S/C14H19NO/c1-3-9-15(10-4-2)11-13-5-7-14(12-16)8-6-13/h3-8,16H,1-2,9-12H2. The lowest BCUT2D eigenvalue weighted by molar-refractivity contribution is 0.281. The van der Waals surface area contributed by atoms with E-state index in [1.54, 1.807) is 0 Å². The van der Waals surface area contributed by atoms with E-state index in [1.807, 2.05) is 36.4 Å². The molecule has 16 heavy (non-hydrogen) atoms. The highest BCUT2D eigenvalue weighted by Crippen LogP contribution is 2.07. The Morgan fingerprint density at radius 3 is 1.94 bits per heavy atom. The van der Waals surface area contributed by atoms with Gasteiger partial charge in [-0.25, -0.2) is 0 Å². The summed E-state index contributed by atoms with van der Waals surface area (Å²) in [4.78, 5) is 2.24. The molecule has 0 atom stereocenters. The number of benzene rings is 1. The van der Waals surface area contributed by atoms with E-state index in [4.69, 9.17) is 5.11 Å². The number of aliphatic hydroxyl groups is 1. The minimum Gasteiger partial charge on any atom is -0.392 e. The van der Waals surface area contributed by atoms with Crippen LogP contribution in [-0.2, 0) is 13.2 Å². The summed E-state index contributed by atoms with van der Waals surface area (Å²) in [6.07, 6.45) is 3.79. The van der Waals surface area contributed by atoms with Gasteiger partial charge in [0.25, 0.3) is 0 Å². The molecule has 0 radical (unpaired) electrons. The summed E-state index contributed by atoms with van der Waals surface area (Å²) >= 11 is 0. The third-order valence-corrected chi connectivity index (χ3v) is 2.39. The van der Waals surface area contributed by atoms with E-state index < -0.39 is 0 Å². The van der Waals surface area contributed by atoms with Gasteiger partial charge in [0, 0.05) is 19.6 Å². The third kappa shape index (κ3) is 4.01. The van der Waals surface area contributed by atoms with Gasteiger partial charge >= 0.3 is 0 Å². The van der Waals surface area contributed by atoms with Gasteiger partial charge in [-0.1, -0.05) is 36.4 Å². The maximum absolute atomic E-state index is 8.94. The monoisotopic (exact) mass is 217 g/mol. The van der Waals surface area contributed by atoms with Gasteiger partial charge in [0.15, 0.2) is 0 Å². The number of nitrogens with zero attached hydrogens (tertiary/aromatic N) is 1. The van der Waals surface area contributed by atoms with Gasteiger partial charge in [0.05, 0.1) is 6.61 Å². The molecule has 0 bridgehead atoms. The first-order valence-corrected chi connectivity index (χ1v) is 5.43. The Bertz CT molecular complexity index is 319. The molecule has 0 aliphatic rings. The molecule has 1 N–H and O–H groups in total. The largest absolute Gasteiger partial charge is 0.392 e. The van der Waals surface area contributed by atoms with Crippen molar-refractivity contribution in [3.05, 3.63) is 60.7 Å². The van der Waals surface area contributed by atoms with Crippen LogP contribution in [0.4, 0.5) is 0 Å². The molecule has 1 aromatic carbocycles. The third-order valence-electron chi connectivity index (χ3n) is 2.39. The summed E-state index contributed by atoms with van der Waals surface area (Å²) in [7, 11) is 0. The maximum Gasteiger partial charge on any atom is 0.0681 e. The van der Waals surface area contributed by atoms with Gasteiger partial charge in [-0.05, 0) is 11.1 Å². The molecule has 2 heteroatoms. The molecule has 2 nitrogen and oxygen atoms in total. The number of aliphatic hydroxyl groups excluding tert-OH is 1. The molecule has 0 saturated carbocycles. The van der Waals surface area contributed by atoms with Crippen molar-refractivity contribution in [1.82, 2.24) is 4.90 Å². The van der Waals surface area contributed by atoms with Crippen molar-refractivity contribution in [3.63, 3.8) is 0 Å². The Hall–Kier alpha value is -1.38. The van der Waals surface area contributed by atoms with Crippen molar-refractivity contribution >= 4 is 0 Å². The molecular weight excluding hydrogens is 198 g/mol. The molecule has 0 aliphatic carbocycles. The van der Waals surface area contributed by atoms with E-state index in [0.717, 1.165) is 25.2 Å². The fourth-order valence-electron chi connectivity index (χ4n) is 1.58. The molecule has 0 unspecified atom stereocenters. The maximum atomic E-state index is 8.94. The molecule has 0 fully saturated rings. The van der Waals surface area contributed by atoms with Gasteiger partial charge in [-0.3, -0.25) is 4.90 Å². The summed E-state index contributed by atoms with van der Waals surface area (Å²) in [5.41, 5.74) is 2.18. The van der Waals surface area contributed by atoms with Crippen LogP contribution in [0.5, 0.6) is 0 Å². The van der Waals surface area contributed by atoms with Gasteiger partial charge in [0.1, 0.15) is 0 Å². The molecule has 1 aromatic rings. The second kappa shape index (κ2) is 6.99. The van der Waals surface area contributed by atoms with Crippen molar-refractivity contribution in [2.24, 2.45) is 0 Å². The SMILES string of the molecule is C=CCN(CC=C)Cc1ccc(CO)cc1. The Kier molecular flexibility index (Phi) is 5.54. The van der Waals surface area contributed by atoms with Crippen LogP contribution in [0, 0.1) is 0 Å². The summed E-state index contributed by atoms with van der Waals surface area (Å²) in [6.45, 7) is 10.2. The lowest BCUT2D eigenvalue weighted by Crippen LogP contribution is -2.23. The van der Waals surface area contributed by atoms with Gasteiger partial charge < -0.3 is 5.11 Å². The molecule has 0 heterocycles. The van der Waals surface area contributed by atoms with Crippen LogP contribution in [0.25, 0.3) is 0 Å². The van der Waals surface area contributed by atoms with Crippen molar-refractivity contribution in [2.75, 3.05) is 13.1 Å². The summed E-state index contributed by atoms with van der Waals surface area (Å²) in [5.74, 6) is 0. The van der Waals surface area contributed by atoms with E-state index in [2.05, 4.69) is 18.1 Å². The Labute approximate surface area is 97.5 Å². The molecule has 86 valence electrons. The van der Waals surface area contributed by atoms with E-state index in [9.17, 15) is 0 Å². The first-order chi connectivity index (χ1) is 7.80. The normalized spacial score (nSPS) is 10.4. The van der Waals surface area contributed by atoms with Crippen LogP contribution in [0.2, 0.25) is 0 Å². The van der Waals surface area contributed by atoms with Gasteiger partial charge in [0.2, 0.25) is 0 Å². The molecular formula is C14H19NO. The second-order valence-electron chi connectivity index (χ2n) is 3.75. The van der Waals surface area contributed by atoms with Crippen LogP contribution in [0.15, 0.2) is 49.6 Å². The van der Waals surface area contributed by atoms with Gasteiger partial charge in [-0.2, -0.15) is 0 Å². The van der Waals surface area contributed by atoms with Crippen molar-refractivity contribution in [2.45, 2.75) is 13.2 Å². The molecule has 0 amide bonds. The highest BCUT2D eigenvalue weighted by Gasteiger charge is 2.02.